The highest BCUT2D eigenvalue weighted by Crippen LogP contribution is 2.25. The summed E-state index contributed by atoms with van der Waals surface area (Å²) in [5.41, 5.74) is 3.27. The van der Waals surface area contributed by atoms with Crippen molar-refractivity contribution < 1.29 is 18.0 Å². The first-order valence-corrected chi connectivity index (χ1v) is 14.5. The van der Waals surface area contributed by atoms with Crippen LogP contribution in [-0.4, -0.2) is 50.5 Å². The van der Waals surface area contributed by atoms with Crippen molar-refractivity contribution in [1.29, 1.82) is 0 Å². The van der Waals surface area contributed by atoms with E-state index in [2.05, 4.69) is 5.32 Å². The van der Waals surface area contributed by atoms with Crippen LogP contribution in [-0.2, 0) is 26.2 Å². The van der Waals surface area contributed by atoms with E-state index in [-0.39, 0.29) is 37.7 Å². The molecule has 0 fully saturated rings. The van der Waals surface area contributed by atoms with Crippen LogP contribution in [0.2, 0.25) is 10.0 Å². The van der Waals surface area contributed by atoms with Gasteiger partial charge < -0.3 is 10.2 Å². The fraction of sp³-hybridized carbons (Fsp3) is 0.462. The van der Waals surface area contributed by atoms with E-state index in [4.69, 9.17) is 23.2 Å². The molecule has 2 aromatic carbocycles. The molecular formula is C26H35Cl2N3O4S. The number of carbonyl (C=O) groups excluding carboxylic acids is 2. The number of hydrogen-bond donors (Lipinski definition) is 1. The van der Waals surface area contributed by atoms with Gasteiger partial charge in [0.25, 0.3) is 0 Å². The van der Waals surface area contributed by atoms with Gasteiger partial charge in [-0.25, -0.2) is 8.42 Å². The molecule has 10 heteroatoms. The van der Waals surface area contributed by atoms with Gasteiger partial charge in [0.05, 0.1) is 11.9 Å². The van der Waals surface area contributed by atoms with Gasteiger partial charge in [-0.1, -0.05) is 42.3 Å². The molecule has 0 bridgehead atoms. The summed E-state index contributed by atoms with van der Waals surface area (Å²) in [5.74, 6) is -0.531. The fourth-order valence-electron chi connectivity index (χ4n) is 3.70. The normalized spacial score (nSPS) is 12.2. The van der Waals surface area contributed by atoms with E-state index in [0.717, 1.165) is 23.8 Å². The van der Waals surface area contributed by atoms with Crippen LogP contribution in [0.5, 0.6) is 0 Å². The number of benzene rings is 2. The summed E-state index contributed by atoms with van der Waals surface area (Å²) in [4.78, 5) is 27.5. The number of sulfonamides is 1. The third-order valence-electron chi connectivity index (χ3n) is 6.00. The molecule has 1 N–H and O–H groups in total. The Balaban J connectivity index is 2.20. The van der Waals surface area contributed by atoms with Crippen molar-refractivity contribution in [1.82, 2.24) is 10.2 Å². The Hall–Kier alpha value is -2.29. The van der Waals surface area contributed by atoms with Crippen LogP contribution >= 0.6 is 23.2 Å². The second-order valence-electron chi connectivity index (χ2n) is 8.93. The van der Waals surface area contributed by atoms with Gasteiger partial charge in [-0.15, -0.1) is 0 Å². The summed E-state index contributed by atoms with van der Waals surface area (Å²) in [6.45, 7) is 8.28. The summed E-state index contributed by atoms with van der Waals surface area (Å²) in [6, 6.07) is 9.74. The minimum Gasteiger partial charge on any atom is -0.354 e. The van der Waals surface area contributed by atoms with Crippen LogP contribution < -0.4 is 9.62 Å². The van der Waals surface area contributed by atoms with Gasteiger partial charge >= 0.3 is 0 Å². The lowest BCUT2D eigenvalue weighted by Crippen LogP contribution is -2.48. The maximum absolute atomic E-state index is 13.3. The molecule has 0 heterocycles. The van der Waals surface area contributed by atoms with Gasteiger partial charge in [-0.05, 0) is 74.6 Å². The monoisotopic (exact) mass is 555 g/mol. The highest BCUT2D eigenvalue weighted by Gasteiger charge is 2.27. The van der Waals surface area contributed by atoms with Gasteiger partial charge in [0, 0.05) is 36.1 Å². The van der Waals surface area contributed by atoms with Crippen LogP contribution in [0.15, 0.2) is 36.4 Å². The zero-order valence-corrected chi connectivity index (χ0v) is 23.8. The molecular weight excluding hydrogens is 521 g/mol. The van der Waals surface area contributed by atoms with Gasteiger partial charge in [0.15, 0.2) is 0 Å². The van der Waals surface area contributed by atoms with Gasteiger partial charge in [0.1, 0.15) is 6.04 Å². The predicted octanol–water partition coefficient (Wildman–Crippen LogP) is 5.10. The molecule has 0 spiro atoms. The van der Waals surface area contributed by atoms with Crippen LogP contribution in [0.3, 0.4) is 0 Å². The van der Waals surface area contributed by atoms with E-state index >= 15 is 0 Å². The van der Waals surface area contributed by atoms with Gasteiger partial charge in [-0.3, -0.25) is 13.9 Å². The minimum atomic E-state index is -3.55. The first kappa shape index (κ1) is 29.9. The highest BCUT2D eigenvalue weighted by atomic mass is 35.5. The lowest BCUT2D eigenvalue weighted by atomic mass is 10.1. The number of amides is 2. The number of anilines is 1. The highest BCUT2D eigenvalue weighted by molar-refractivity contribution is 7.92. The van der Waals surface area contributed by atoms with Crippen LogP contribution in [0.1, 0.15) is 49.8 Å². The Morgan fingerprint density at radius 3 is 2.33 bits per heavy atom. The number of hydrogen-bond acceptors (Lipinski definition) is 4. The lowest BCUT2D eigenvalue weighted by molar-refractivity contribution is -0.140. The van der Waals surface area contributed by atoms with Crippen LogP contribution in [0.25, 0.3) is 0 Å². The van der Waals surface area contributed by atoms with Crippen molar-refractivity contribution in [3.05, 3.63) is 63.1 Å². The summed E-state index contributed by atoms with van der Waals surface area (Å²) < 4.78 is 26.3. The topological polar surface area (TPSA) is 86.8 Å². The maximum atomic E-state index is 13.3. The molecule has 1 unspecified atom stereocenters. The van der Waals surface area contributed by atoms with Crippen molar-refractivity contribution in [2.45, 2.75) is 59.5 Å². The number of carbonyl (C=O) groups is 2. The first-order chi connectivity index (χ1) is 16.8. The average molecular weight is 557 g/mol. The summed E-state index contributed by atoms with van der Waals surface area (Å²) in [5, 5.41) is 3.70. The Kier molecular flexibility index (Phi) is 11.1. The maximum Gasteiger partial charge on any atom is 0.242 e. The zero-order valence-electron chi connectivity index (χ0n) is 21.5. The third kappa shape index (κ3) is 8.39. The molecule has 0 aliphatic carbocycles. The Morgan fingerprint density at radius 2 is 1.75 bits per heavy atom. The summed E-state index contributed by atoms with van der Waals surface area (Å²) >= 11 is 12.3. The van der Waals surface area contributed by atoms with Gasteiger partial charge in [0.2, 0.25) is 21.8 Å². The fourth-order valence-corrected chi connectivity index (χ4v) is 5.12. The number of rotatable bonds is 12. The lowest BCUT2D eigenvalue weighted by Gasteiger charge is -2.30. The smallest absolute Gasteiger partial charge is 0.242 e. The molecule has 1 atom stereocenters. The number of aryl methyl sites for hydroxylation is 2. The van der Waals surface area contributed by atoms with Crippen LogP contribution in [0.4, 0.5) is 5.69 Å². The molecule has 0 saturated heterocycles. The minimum absolute atomic E-state index is 0.0630. The van der Waals surface area contributed by atoms with E-state index in [0.29, 0.717) is 27.8 Å². The molecule has 2 aromatic rings. The van der Waals surface area contributed by atoms with Crippen molar-refractivity contribution in [2.75, 3.05) is 23.7 Å². The first-order valence-electron chi connectivity index (χ1n) is 11.9. The molecule has 198 valence electrons. The largest absolute Gasteiger partial charge is 0.354 e. The van der Waals surface area contributed by atoms with Gasteiger partial charge in [-0.2, -0.15) is 0 Å². The second-order valence-corrected chi connectivity index (χ2v) is 11.7. The Morgan fingerprint density at radius 1 is 1.06 bits per heavy atom. The van der Waals surface area contributed by atoms with Crippen molar-refractivity contribution in [3.8, 4) is 0 Å². The molecule has 0 aromatic heterocycles. The molecule has 2 rings (SSSR count). The molecule has 7 nitrogen and oxygen atoms in total. The molecule has 36 heavy (non-hydrogen) atoms. The number of nitrogens with one attached hydrogen (secondary N) is 1. The van der Waals surface area contributed by atoms with E-state index in [1.165, 1.54) is 9.21 Å². The predicted molar refractivity (Wildman–Crippen MR) is 147 cm³/mol. The quantitative estimate of drug-likeness (QED) is 0.394. The van der Waals surface area contributed by atoms with Crippen molar-refractivity contribution in [2.24, 2.45) is 0 Å². The number of halogens is 2. The molecule has 0 aliphatic heterocycles. The number of nitrogens with zero attached hydrogens (tertiary/aromatic N) is 2. The van der Waals surface area contributed by atoms with E-state index in [9.17, 15) is 18.0 Å². The van der Waals surface area contributed by atoms with E-state index in [1.807, 2.05) is 32.9 Å². The average Bonchev–Trinajstić information content (AvgIpc) is 2.80. The van der Waals surface area contributed by atoms with E-state index < -0.39 is 16.1 Å². The van der Waals surface area contributed by atoms with Crippen LogP contribution in [0, 0.1) is 13.8 Å². The Labute approximate surface area is 224 Å². The second kappa shape index (κ2) is 13.3. The van der Waals surface area contributed by atoms with Crippen molar-refractivity contribution >= 4 is 50.7 Å². The summed E-state index contributed by atoms with van der Waals surface area (Å²) in [6.07, 6.45) is 2.27. The zero-order chi connectivity index (χ0) is 27.0. The molecule has 0 radical (unpaired) electrons. The summed E-state index contributed by atoms with van der Waals surface area (Å²) in [7, 11) is -3.55. The van der Waals surface area contributed by atoms with Crippen molar-refractivity contribution in [3.63, 3.8) is 0 Å². The standard InChI is InChI=1S/C26H35Cl2N3O4S/c1-6-13-29-26(33)20(4)30(17-21-10-11-22(27)16-24(21)28)25(32)8-7-14-31(36(5,34)35)23-12-9-18(2)19(3)15-23/h9-12,15-16,20H,6-8,13-14,17H2,1-5H3,(H,29,33). The molecule has 2 amide bonds. The molecule has 0 aliphatic rings. The Bertz CT molecular complexity index is 1190. The molecule has 0 saturated carbocycles. The third-order valence-corrected chi connectivity index (χ3v) is 7.78. The SMILES string of the molecule is CCCNC(=O)C(C)N(Cc1ccc(Cl)cc1Cl)C(=O)CCCN(c1ccc(C)c(C)c1)S(C)(=O)=O. The van der Waals surface area contributed by atoms with E-state index in [1.54, 1.807) is 31.2 Å².